The Labute approximate surface area is 338 Å². The monoisotopic (exact) mass is 780 g/mol. The SMILES string of the molecule is Fc1cc(N(c2ccc3ncncc3c2)c2ccc3ncncc3c2)c2ccc3c(F)cc(N(c4ccc5ncncc5c4)c4ccc5ncncc5c4)c4ccc1c2c34. The average Bonchev–Trinajstić information content (AvgIpc) is 3.29. The Morgan fingerprint density at radius 3 is 0.950 bits per heavy atom. The molecule has 12 rings (SSSR count). The predicted octanol–water partition coefficient (Wildman–Crippen LogP) is 11.6. The van der Waals surface area contributed by atoms with Gasteiger partial charge in [0.15, 0.2) is 0 Å². The highest BCUT2D eigenvalue weighted by atomic mass is 19.1. The summed E-state index contributed by atoms with van der Waals surface area (Å²) in [4.78, 5) is 38.8. The van der Waals surface area contributed by atoms with Crippen LogP contribution < -0.4 is 9.80 Å². The van der Waals surface area contributed by atoms with Gasteiger partial charge in [-0.15, -0.1) is 0 Å². The van der Waals surface area contributed by atoms with Crippen LogP contribution in [0.2, 0.25) is 0 Å². The summed E-state index contributed by atoms with van der Waals surface area (Å²) in [5, 5.41) is 6.65. The fourth-order valence-corrected chi connectivity index (χ4v) is 8.54. The third kappa shape index (κ3) is 5.24. The Hall–Kier alpha value is -8.38. The average molecular weight is 781 g/mol. The van der Waals surface area contributed by atoms with E-state index in [1.165, 1.54) is 25.3 Å². The Balaban J connectivity index is 1.15. The molecule has 0 unspecified atom stereocenters. The molecule has 0 saturated carbocycles. The van der Waals surface area contributed by atoms with Crippen molar-refractivity contribution >= 4 is 110 Å². The van der Waals surface area contributed by atoms with Crippen molar-refractivity contribution in [3.05, 3.63) is 171 Å². The van der Waals surface area contributed by atoms with Gasteiger partial charge < -0.3 is 9.80 Å². The van der Waals surface area contributed by atoms with Gasteiger partial charge in [-0.25, -0.2) is 48.7 Å². The molecule has 0 N–H and O–H groups in total. The second kappa shape index (κ2) is 13.1. The van der Waals surface area contributed by atoms with Crippen LogP contribution in [0.4, 0.5) is 42.9 Å². The van der Waals surface area contributed by atoms with Gasteiger partial charge in [-0.3, -0.25) is 0 Å². The lowest BCUT2D eigenvalue weighted by molar-refractivity contribution is 0.639. The van der Waals surface area contributed by atoms with Crippen LogP contribution in [0.15, 0.2) is 159 Å². The molecule has 0 fully saturated rings. The number of benzene rings is 8. The third-order valence-electron chi connectivity index (χ3n) is 11.2. The van der Waals surface area contributed by atoms with Crippen molar-refractivity contribution in [2.45, 2.75) is 0 Å². The highest BCUT2D eigenvalue weighted by molar-refractivity contribution is 6.28. The summed E-state index contributed by atoms with van der Waals surface area (Å²) in [6, 6.07) is 33.9. The standard InChI is InChI=1S/C48H26F2N10/c49-39-17-45(59(31-1-9-41-27(13-31)19-51-23-55-41)32-2-10-42-28(14-32)20-52-24-56-42)37-7-5-36-40(50)18-46(38-8-6-35(39)47(37)48(36)38)60(33-3-11-43-29(15-33)21-53-25-57-43)34-4-12-44-30(16-34)22-54-26-58-44/h1-26H. The molecule has 4 aromatic heterocycles. The van der Waals surface area contributed by atoms with E-state index in [-0.39, 0.29) is 0 Å². The van der Waals surface area contributed by atoms with E-state index in [0.29, 0.717) is 32.9 Å². The summed E-state index contributed by atoms with van der Waals surface area (Å²) >= 11 is 0. The van der Waals surface area contributed by atoms with Crippen molar-refractivity contribution in [1.29, 1.82) is 0 Å². The Morgan fingerprint density at radius 1 is 0.333 bits per heavy atom. The van der Waals surface area contributed by atoms with Crippen molar-refractivity contribution in [3.8, 4) is 0 Å². The third-order valence-corrected chi connectivity index (χ3v) is 11.2. The zero-order chi connectivity index (χ0) is 39.9. The second-order valence-corrected chi connectivity index (χ2v) is 14.6. The number of fused-ring (bicyclic) bond motifs is 4. The van der Waals surface area contributed by atoms with Gasteiger partial charge in [0.25, 0.3) is 0 Å². The van der Waals surface area contributed by atoms with Gasteiger partial charge in [-0.1, -0.05) is 24.3 Å². The summed E-state index contributed by atoms with van der Waals surface area (Å²) in [7, 11) is 0. The van der Waals surface area contributed by atoms with Gasteiger partial charge in [-0.2, -0.15) is 0 Å². The lowest BCUT2D eigenvalue weighted by Crippen LogP contribution is -2.12. The van der Waals surface area contributed by atoms with Gasteiger partial charge in [0.1, 0.15) is 36.9 Å². The normalized spacial score (nSPS) is 11.8. The van der Waals surface area contributed by atoms with E-state index in [1.807, 2.05) is 94.7 Å². The molecule has 0 atom stereocenters. The maximum Gasteiger partial charge on any atom is 0.133 e. The van der Waals surface area contributed by atoms with E-state index in [9.17, 15) is 0 Å². The minimum Gasteiger partial charge on any atom is -0.310 e. The maximum atomic E-state index is 17.0. The second-order valence-electron chi connectivity index (χ2n) is 14.6. The first-order valence-electron chi connectivity index (χ1n) is 19.0. The molecule has 8 aromatic carbocycles. The Morgan fingerprint density at radius 2 is 0.633 bits per heavy atom. The zero-order valence-corrected chi connectivity index (χ0v) is 31.2. The smallest absolute Gasteiger partial charge is 0.133 e. The molecule has 0 spiro atoms. The number of hydrogen-bond donors (Lipinski definition) is 0. The van der Waals surface area contributed by atoms with Gasteiger partial charge in [-0.05, 0) is 84.9 Å². The molecular weight excluding hydrogens is 755 g/mol. The van der Waals surface area contributed by atoms with E-state index in [4.69, 9.17) is 0 Å². The first-order valence-corrected chi connectivity index (χ1v) is 19.0. The summed E-state index contributed by atoms with van der Waals surface area (Å²) in [5.74, 6) is -0.895. The van der Waals surface area contributed by atoms with Crippen LogP contribution in [0, 0.1) is 11.6 Å². The highest BCUT2D eigenvalue weighted by Gasteiger charge is 2.26. The first-order chi connectivity index (χ1) is 29.6. The Bertz CT molecular complexity index is 3290. The topological polar surface area (TPSA) is 110 Å². The molecule has 12 aromatic rings. The quantitative estimate of drug-likeness (QED) is 0.151. The lowest BCUT2D eigenvalue weighted by atomic mass is 9.91. The molecule has 0 aliphatic rings. The van der Waals surface area contributed by atoms with E-state index < -0.39 is 11.6 Å². The molecule has 282 valence electrons. The highest BCUT2D eigenvalue weighted by Crippen LogP contribution is 2.49. The molecule has 0 radical (unpaired) electrons. The molecule has 60 heavy (non-hydrogen) atoms. The molecule has 4 heterocycles. The lowest BCUT2D eigenvalue weighted by Gasteiger charge is -2.30. The fraction of sp³-hybridized carbons (Fsp3) is 0. The first kappa shape index (κ1) is 33.7. The minimum atomic E-state index is -0.447. The van der Waals surface area contributed by atoms with Gasteiger partial charge in [0.2, 0.25) is 0 Å². The van der Waals surface area contributed by atoms with Crippen molar-refractivity contribution < 1.29 is 8.78 Å². The summed E-state index contributed by atoms with van der Waals surface area (Å²) in [6.45, 7) is 0. The van der Waals surface area contributed by atoms with Crippen LogP contribution in [-0.2, 0) is 0 Å². The number of hydrogen-bond acceptors (Lipinski definition) is 10. The van der Waals surface area contributed by atoms with E-state index >= 15 is 8.78 Å². The van der Waals surface area contributed by atoms with Crippen LogP contribution in [0.3, 0.4) is 0 Å². The summed E-state index contributed by atoms with van der Waals surface area (Å²) in [5.41, 5.74) is 7.22. The summed E-state index contributed by atoms with van der Waals surface area (Å²) in [6.07, 6.45) is 13.1. The maximum absolute atomic E-state index is 17.0. The van der Waals surface area contributed by atoms with Crippen molar-refractivity contribution in [2.75, 3.05) is 9.80 Å². The van der Waals surface area contributed by atoms with Crippen LogP contribution in [0.25, 0.3) is 75.9 Å². The number of aromatic nitrogens is 8. The van der Waals surface area contributed by atoms with Gasteiger partial charge >= 0.3 is 0 Å². The van der Waals surface area contributed by atoms with Crippen LogP contribution >= 0.6 is 0 Å². The molecular formula is C48H26F2N10. The zero-order valence-electron chi connectivity index (χ0n) is 31.2. The number of halogens is 2. The predicted molar refractivity (Wildman–Crippen MR) is 232 cm³/mol. The van der Waals surface area contributed by atoms with Gasteiger partial charge in [0.05, 0.1) is 33.4 Å². The molecule has 0 amide bonds. The van der Waals surface area contributed by atoms with Crippen molar-refractivity contribution in [3.63, 3.8) is 0 Å². The number of anilines is 6. The number of rotatable bonds is 6. The minimum absolute atomic E-state index is 0.374. The molecule has 0 aliphatic carbocycles. The van der Waals surface area contributed by atoms with Crippen LogP contribution in [-0.4, -0.2) is 39.9 Å². The fourth-order valence-electron chi connectivity index (χ4n) is 8.54. The largest absolute Gasteiger partial charge is 0.310 e. The van der Waals surface area contributed by atoms with Crippen LogP contribution in [0.5, 0.6) is 0 Å². The molecule has 10 nitrogen and oxygen atoms in total. The van der Waals surface area contributed by atoms with Crippen LogP contribution in [0.1, 0.15) is 0 Å². The summed E-state index contributed by atoms with van der Waals surface area (Å²) < 4.78 is 34.0. The molecule has 0 saturated heterocycles. The van der Waals surface area contributed by atoms with E-state index in [0.717, 1.165) is 77.1 Å². The molecule has 0 bridgehead atoms. The van der Waals surface area contributed by atoms with Crippen molar-refractivity contribution in [2.24, 2.45) is 0 Å². The van der Waals surface area contributed by atoms with E-state index in [2.05, 4.69) is 39.9 Å². The Kier molecular flexibility index (Phi) is 7.35. The molecule has 0 aliphatic heterocycles. The van der Waals surface area contributed by atoms with E-state index in [1.54, 1.807) is 49.1 Å². The molecule has 12 heteroatoms. The number of nitrogens with zero attached hydrogens (tertiary/aromatic N) is 10. The van der Waals surface area contributed by atoms with Crippen molar-refractivity contribution in [1.82, 2.24) is 39.9 Å². The van der Waals surface area contributed by atoms with Gasteiger partial charge in [0, 0.05) is 101 Å².